The zero-order valence-corrected chi connectivity index (χ0v) is 13.2. The molecule has 0 saturated heterocycles. The minimum absolute atomic E-state index is 0.197. The van der Waals surface area contributed by atoms with Crippen LogP contribution in [0, 0.1) is 19.7 Å². The zero-order chi connectivity index (χ0) is 18.8. The van der Waals surface area contributed by atoms with Crippen LogP contribution in [-0.4, -0.2) is 16.9 Å². The van der Waals surface area contributed by atoms with Crippen molar-refractivity contribution in [3.63, 3.8) is 0 Å². The number of hydrogen-bond acceptors (Lipinski definition) is 3. The quantitative estimate of drug-likeness (QED) is 0.805. The van der Waals surface area contributed by atoms with Crippen molar-refractivity contribution in [2.75, 3.05) is 5.32 Å². The molecule has 1 aromatic heterocycles. The van der Waals surface area contributed by atoms with Gasteiger partial charge < -0.3 is 5.32 Å². The van der Waals surface area contributed by atoms with Crippen LogP contribution in [0.3, 0.4) is 0 Å². The second-order valence-electron chi connectivity index (χ2n) is 5.19. The number of urea groups is 1. The van der Waals surface area contributed by atoms with Crippen LogP contribution in [0.25, 0.3) is 0 Å². The lowest BCUT2D eigenvalue weighted by Crippen LogP contribution is -2.35. The number of amides is 3. The van der Waals surface area contributed by atoms with Crippen LogP contribution in [0.1, 0.15) is 27.2 Å². The van der Waals surface area contributed by atoms with Crippen LogP contribution < -0.4 is 10.6 Å². The molecule has 25 heavy (non-hydrogen) atoms. The smallest absolute Gasteiger partial charge is 0.306 e. The molecule has 0 atom stereocenters. The number of aryl methyl sites for hydroxylation is 2. The van der Waals surface area contributed by atoms with Crippen molar-refractivity contribution in [2.24, 2.45) is 0 Å². The average Bonchev–Trinajstić information content (AvgIpc) is 2.50. The Morgan fingerprint density at radius 3 is 2.36 bits per heavy atom. The van der Waals surface area contributed by atoms with Gasteiger partial charge in [-0.3, -0.25) is 15.1 Å². The van der Waals surface area contributed by atoms with Crippen LogP contribution in [0.2, 0.25) is 0 Å². The van der Waals surface area contributed by atoms with Crippen molar-refractivity contribution in [2.45, 2.75) is 20.0 Å². The Morgan fingerprint density at radius 1 is 1.12 bits per heavy atom. The van der Waals surface area contributed by atoms with E-state index in [-0.39, 0.29) is 6.07 Å². The minimum Gasteiger partial charge on any atom is -0.306 e. The molecule has 9 heteroatoms. The molecule has 0 fully saturated rings. The molecule has 0 unspecified atom stereocenters. The summed E-state index contributed by atoms with van der Waals surface area (Å²) in [6.45, 7) is 3.35. The van der Waals surface area contributed by atoms with Crippen LogP contribution in [-0.2, 0) is 6.18 Å². The molecule has 5 nitrogen and oxygen atoms in total. The number of aromatic nitrogens is 1. The van der Waals surface area contributed by atoms with Gasteiger partial charge in [-0.05, 0) is 43.7 Å². The van der Waals surface area contributed by atoms with E-state index < -0.39 is 35.1 Å². The van der Waals surface area contributed by atoms with Gasteiger partial charge in [0, 0.05) is 6.20 Å². The summed E-state index contributed by atoms with van der Waals surface area (Å²) in [6, 6.07) is 2.11. The third-order valence-electron chi connectivity index (χ3n) is 3.36. The fraction of sp³-hybridized carbons (Fsp3) is 0.188. The fourth-order valence-corrected chi connectivity index (χ4v) is 2.07. The van der Waals surface area contributed by atoms with E-state index in [2.05, 4.69) is 10.3 Å². The molecule has 1 heterocycles. The van der Waals surface area contributed by atoms with E-state index in [4.69, 9.17) is 0 Å². The summed E-state index contributed by atoms with van der Waals surface area (Å²) in [5.41, 5.74) is -0.338. The lowest BCUT2D eigenvalue weighted by atomic mass is 10.1. The predicted octanol–water partition coefficient (Wildman–Crippen LogP) is 3.82. The number of imide groups is 1. The summed E-state index contributed by atoms with van der Waals surface area (Å²) in [7, 11) is 0. The average molecular weight is 355 g/mol. The number of carbonyl (C=O) groups is 2. The maximum absolute atomic E-state index is 13.7. The molecule has 0 radical (unpaired) electrons. The number of rotatable bonds is 2. The number of alkyl halides is 3. The first kappa shape index (κ1) is 18.4. The minimum atomic E-state index is -4.73. The molecule has 2 aromatic rings. The van der Waals surface area contributed by atoms with Crippen molar-refractivity contribution in [3.05, 3.63) is 58.7 Å². The van der Waals surface area contributed by atoms with Gasteiger partial charge in [-0.2, -0.15) is 13.2 Å². The number of nitrogens with zero attached hydrogens (tertiary/aromatic N) is 1. The predicted molar refractivity (Wildman–Crippen MR) is 81.6 cm³/mol. The first-order valence-electron chi connectivity index (χ1n) is 7.01. The third kappa shape index (κ3) is 4.31. The van der Waals surface area contributed by atoms with Crippen LogP contribution in [0.4, 0.5) is 28.0 Å². The third-order valence-corrected chi connectivity index (χ3v) is 3.36. The number of nitrogens with one attached hydrogen (secondary N) is 2. The Balaban J connectivity index is 2.13. The van der Waals surface area contributed by atoms with Gasteiger partial charge in [-0.1, -0.05) is 0 Å². The van der Waals surface area contributed by atoms with E-state index in [1.165, 1.54) is 6.20 Å². The first-order chi connectivity index (χ1) is 11.6. The van der Waals surface area contributed by atoms with Crippen molar-refractivity contribution >= 4 is 17.6 Å². The lowest BCUT2D eigenvalue weighted by Gasteiger charge is -2.12. The van der Waals surface area contributed by atoms with E-state index in [9.17, 15) is 27.2 Å². The summed E-state index contributed by atoms with van der Waals surface area (Å²) >= 11 is 0. The van der Waals surface area contributed by atoms with Gasteiger partial charge in [0.1, 0.15) is 5.82 Å². The van der Waals surface area contributed by atoms with Gasteiger partial charge >= 0.3 is 12.2 Å². The molecule has 1 aromatic carbocycles. The van der Waals surface area contributed by atoms with Gasteiger partial charge in [0.25, 0.3) is 5.91 Å². The largest absolute Gasteiger partial charge is 0.416 e. The van der Waals surface area contributed by atoms with Gasteiger partial charge in [0.05, 0.1) is 22.5 Å². The fourth-order valence-electron chi connectivity index (χ4n) is 2.07. The summed E-state index contributed by atoms with van der Waals surface area (Å²) < 4.78 is 51.2. The number of anilines is 1. The van der Waals surface area contributed by atoms with Crippen LogP contribution >= 0.6 is 0 Å². The van der Waals surface area contributed by atoms with Gasteiger partial charge in [-0.25, -0.2) is 9.18 Å². The number of pyridine rings is 1. The topological polar surface area (TPSA) is 71.1 Å². The second kappa shape index (κ2) is 6.88. The lowest BCUT2D eigenvalue weighted by molar-refractivity contribution is -0.137. The highest BCUT2D eigenvalue weighted by Crippen LogP contribution is 2.30. The molecular weight excluding hydrogens is 342 g/mol. The zero-order valence-electron chi connectivity index (χ0n) is 13.2. The SMILES string of the molecule is Cc1ccnc(C)c1NC(=O)NC(=O)c1ccc(C(F)(F)F)cc1F. The highest BCUT2D eigenvalue weighted by molar-refractivity contribution is 6.08. The van der Waals surface area contributed by atoms with E-state index in [1.54, 1.807) is 19.9 Å². The molecule has 0 aliphatic carbocycles. The number of halogens is 4. The maximum atomic E-state index is 13.7. The van der Waals surface area contributed by atoms with Crippen molar-refractivity contribution < 1.29 is 27.2 Å². The highest BCUT2D eigenvalue weighted by atomic mass is 19.4. The van der Waals surface area contributed by atoms with Gasteiger partial charge in [0.15, 0.2) is 0 Å². The summed E-state index contributed by atoms with van der Waals surface area (Å²) in [5.74, 6) is -2.54. The number of carbonyl (C=O) groups excluding carboxylic acids is 2. The summed E-state index contributed by atoms with van der Waals surface area (Å²) in [5, 5.41) is 4.26. The molecule has 0 spiro atoms. The highest BCUT2D eigenvalue weighted by Gasteiger charge is 2.31. The van der Waals surface area contributed by atoms with E-state index in [0.29, 0.717) is 29.1 Å². The Hall–Kier alpha value is -2.97. The molecule has 0 bridgehead atoms. The van der Waals surface area contributed by atoms with E-state index in [0.717, 1.165) is 0 Å². The maximum Gasteiger partial charge on any atom is 0.416 e. The molecule has 0 aliphatic heterocycles. The monoisotopic (exact) mass is 355 g/mol. The number of benzene rings is 1. The standard InChI is InChI=1S/C16H13F4N3O2/c1-8-5-6-21-9(2)13(8)22-15(25)23-14(24)11-4-3-10(7-12(11)17)16(18,19)20/h3-7H,1-2H3,(H2,22,23,24,25). The normalized spacial score (nSPS) is 11.1. The van der Waals surface area contributed by atoms with E-state index in [1.807, 2.05) is 5.32 Å². The Labute approximate surface area is 140 Å². The molecule has 2 rings (SSSR count). The van der Waals surface area contributed by atoms with Gasteiger partial charge in [-0.15, -0.1) is 0 Å². The van der Waals surface area contributed by atoms with Crippen molar-refractivity contribution in [1.82, 2.24) is 10.3 Å². The van der Waals surface area contributed by atoms with Gasteiger partial charge in [0.2, 0.25) is 0 Å². The molecule has 3 amide bonds. The molecule has 0 aliphatic rings. The molecule has 0 saturated carbocycles. The summed E-state index contributed by atoms with van der Waals surface area (Å²) in [4.78, 5) is 27.7. The van der Waals surface area contributed by atoms with Crippen LogP contribution in [0.5, 0.6) is 0 Å². The van der Waals surface area contributed by atoms with Crippen molar-refractivity contribution in [1.29, 1.82) is 0 Å². The second-order valence-corrected chi connectivity index (χ2v) is 5.19. The summed E-state index contributed by atoms with van der Waals surface area (Å²) in [6.07, 6.45) is -3.20. The molecule has 132 valence electrons. The Kier molecular flexibility index (Phi) is 5.05. The van der Waals surface area contributed by atoms with E-state index >= 15 is 0 Å². The first-order valence-corrected chi connectivity index (χ1v) is 7.01. The van der Waals surface area contributed by atoms with Crippen LogP contribution in [0.15, 0.2) is 30.5 Å². The molecule has 2 N–H and O–H groups in total. The molecular formula is C16H13F4N3O2. The van der Waals surface area contributed by atoms with Crippen molar-refractivity contribution in [3.8, 4) is 0 Å². The Morgan fingerprint density at radius 2 is 1.80 bits per heavy atom. The number of hydrogen-bond donors (Lipinski definition) is 2. The Bertz CT molecular complexity index is 814.